The van der Waals surface area contributed by atoms with Crippen molar-refractivity contribution < 1.29 is 19.4 Å². The smallest absolute Gasteiger partial charge is 0.225 e. The Morgan fingerprint density at radius 2 is 2.03 bits per heavy atom. The molecule has 1 atom stereocenters. The molecule has 0 saturated heterocycles. The SMILES string of the molecule is COc1ccc(C)nc1COc1ccc2c(c1)CCN(C(=O)CC(C)(C)O)[C@H]2C(C)C. The number of aliphatic hydroxyl groups is 1. The summed E-state index contributed by atoms with van der Waals surface area (Å²) in [6.45, 7) is 10.5. The molecule has 1 aromatic carbocycles. The lowest BCUT2D eigenvalue weighted by Crippen LogP contribution is -2.44. The zero-order valence-electron chi connectivity index (χ0n) is 19.4. The number of benzene rings is 1. The molecular weight excluding hydrogens is 392 g/mol. The Labute approximate surface area is 185 Å². The van der Waals surface area contributed by atoms with E-state index in [0.29, 0.717) is 18.9 Å². The maximum Gasteiger partial charge on any atom is 0.225 e. The van der Waals surface area contributed by atoms with E-state index in [-0.39, 0.29) is 24.3 Å². The lowest BCUT2D eigenvalue weighted by molar-refractivity contribution is -0.139. The van der Waals surface area contributed by atoms with Gasteiger partial charge in [-0.05, 0) is 68.5 Å². The first kappa shape index (κ1) is 23.1. The molecule has 1 N–H and O–H groups in total. The normalized spacial score (nSPS) is 16.3. The zero-order chi connectivity index (χ0) is 22.8. The largest absolute Gasteiger partial charge is 0.495 e. The predicted molar refractivity (Wildman–Crippen MR) is 120 cm³/mol. The monoisotopic (exact) mass is 426 g/mol. The van der Waals surface area contributed by atoms with E-state index >= 15 is 0 Å². The van der Waals surface area contributed by atoms with Gasteiger partial charge in [-0.15, -0.1) is 0 Å². The van der Waals surface area contributed by atoms with E-state index in [2.05, 4.69) is 31.0 Å². The van der Waals surface area contributed by atoms with E-state index in [1.54, 1.807) is 21.0 Å². The second-order valence-corrected chi connectivity index (χ2v) is 9.27. The molecular formula is C25H34N2O4. The Balaban J connectivity index is 1.79. The number of hydrogen-bond donors (Lipinski definition) is 1. The summed E-state index contributed by atoms with van der Waals surface area (Å²) in [5.74, 6) is 1.75. The quantitative estimate of drug-likeness (QED) is 0.718. The summed E-state index contributed by atoms with van der Waals surface area (Å²) in [5, 5.41) is 10.1. The van der Waals surface area contributed by atoms with Crippen LogP contribution < -0.4 is 9.47 Å². The van der Waals surface area contributed by atoms with Gasteiger partial charge in [0.15, 0.2) is 0 Å². The first-order valence-electron chi connectivity index (χ1n) is 10.9. The Hall–Kier alpha value is -2.60. The van der Waals surface area contributed by atoms with Crippen LogP contribution in [0.15, 0.2) is 30.3 Å². The predicted octanol–water partition coefficient (Wildman–Crippen LogP) is 4.22. The maximum absolute atomic E-state index is 12.9. The van der Waals surface area contributed by atoms with Crippen molar-refractivity contribution in [1.29, 1.82) is 0 Å². The second kappa shape index (κ2) is 9.27. The summed E-state index contributed by atoms with van der Waals surface area (Å²) in [5.41, 5.74) is 3.03. The number of amides is 1. The van der Waals surface area contributed by atoms with Crippen molar-refractivity contribution in [2.75, 3.05) is 13.7 Å². The van der Waals surface area contributed by atoms with Crippen LogP contribution in [0.3, 0.4) is 0 Å². The minimum absolute atomic E-state index is 0.00482. The van der Waals surface area contributed by atoms with Gasteiger partial charge in [-0.1, -0.05) is 19.9 Å². The van der Waals surface area contributed by atoms with Crippen molar-refractivity contribution in [3.8, 4) is 11.5 Å². The number of nitrogens with zero attached hydrogens (tertiary/aromatic N) is 2. The summed E-state index contributed by atoms with van der Waals surface area (Å²) in [6.07, 6.45) is 0.886. The van der Waals surface area contributed by atoms with Crippen LogP contribution in [0.1, 0.15) is 62.7 Å². The minimum Gasteiger partial charge on any atom is -0.495 e. The van der Waals surface area contributed by atoms with Crippen LogP contribution >= 0.6 is 0 Å². The van der Waals surface area contributed by atoms with E-state index < -0.39 is 5.60 Å². The van der Waals surface area contributed by atoms with Gasteiger partial charge in [0.2, 0.25) is 5.91 Å². The first-order valence-corrected chi connectivity index (χ1v) is 10.9. The van der Waals surface area contributed by atoms with Crippen LogP contribution in [-0.2, 0) is 17.8 Å². The standard InChI is InChI=1S/C25H34N2O4/c1-16(2)24-20-9-8-19(31-15-21-22(30-6)10-7-17(3)26-21)13-18(20)11-12-27(24)23(28)14-25(4,5)29/h7-10,13,16,24,29H,11-12,14-15H2,1-6H3/t24-/m0/s1. The number of fused-ring (bicyclic) bond motifs is 1. The molecule has 0 aliphatic carbocycles. The molecule has 1 aliphatic rings. The van der Waals surface area contributed by atoms with Crippen LogP contribution in [0, 0.1) is 12.8 Å². The molecule has 31 heavy (non-hydrogen) atoms. The molecule has 0 radical (unpaired) electrons. The van der Waals surface area contributed by atoms with Crippen LogP contribution in [0.4, 0.5) is 0 Å². The van der Waals surface area contributed by atoms with Gasteiger partial charge in [0, 0.05) is 12.2 Å². The molecule has 6 heteroatoms. The number of hydrogen-bond acceptors (Lipinski definition) is 5. The molecule has 6 nitrogen and oxygen atoms in total. The molecule has 1 aliphatic heterocycles. The number of aromatic nitrogens is 1. The fraction of sp³-hybridized carbons (Fsp3) is 0.520. The van der Waals surface area contributed by atoms with Gasteiger partial charge >= 0.3 is 0 Å². The van der Waals surface area contributed by atoms with Crippen LogP contribution in [-0.4, -0.2) is 40.2 Å². The third kappa shape index (κ3) is 5.56. The van der Waals surface area contributed by atoms with Crippen LogP contribution in [0.2, 0.25) is 0 Å². The second-order valence-electron chi connectivity index (χ2n) is 9.27. The highest BCUT2D eigenvalue weighted by Crippen LogP contribution is 2.37. The third-order valence-electron chi connectivity index (χ3n) is 5.59. The molecule has 168 valence electrons. The van der Waals surface area contributed by atoms with E-state index in [1.165, 1.54) is 5.56 Å². The Morgan fingerprint density at radius 3 is 2.68 bits per heavy atom. The van der Waals surface area contributed by atoms with Crippen molar-refractivity contribution in [2.24, 2.45) is 5.92 Å². The number of pyridine rings is 1. The lowest BCUT2D eigenvalue weighted by atomic mass is 9.85. The molecule has 3 rings (SSSR count). The molecule has 1 aromatic heterocycles. The van der Waals surface area contributed by atoms with E-state index in [9.17, 15) is 9.90 Å². The van der Waals surface area contributed by atoms with Gasteiger partial charge in [0.25, 0.3) is 0 Å². The van der Waals surface area contributed by atoms with E-state index in [0.717, 1.165) is 29.1 Å². The Bertz CT molecular complexity index is 934. The fourth-order valence-electron chi connectivity index (χ4n) is 4.23. The number of carbonyl (C=O) groups excluding carboxylic acids is 1. The van der Waals surface area contributed by atoms with Crippen molar-refractivity contribution >= 4 is 5.91 Å². The molecule has 0 bridgehead atoms. The fourth-order valence-corrected chi connectivity index (χ4v) is 4.23. The van der Waals surface area contributed by atoms with Crippen molar-refractivity contribution in [3.63, 3.8) is 0 Å². The average molecular weight is 427 g/mol. The number of methoxy groups -OCH3 is 1. The van der Waals surface area contributed by atoms with Gasteiger partial charge in [-0.25, -0.2) is 0 Å². The number of aryl methyl sites for hydroxylation is 1. The highest BCUT2D eigenvalue weighted by atomic mass is 16.5. The molecule has 0 fully saturated rings. The summed E-state index contributed by atoms with van der Waals surface area (Å²) in [7, 11) is 1.63. The minimum atomic E-state index is -1.01. The number of rotatable bonds is 7. The molecule has 0 unspecified atom stereocenters. The number of carbonyl (C=O) groups is 1. The highest BCUT2D eigenvalue weighted by molar-refractivity contribution is 5.78. The zero-order valence-corrected chi connectivity index (χ0v) is 19.4. The van der Waals surface area contributed by atoms with Gasteiger partial charge in [-0.3, -0.25) is 9.78 Å². The van der Waals surface area contributed by atoms with Gasteiger partial charge < -0.3 is 19.5 Å². The molecule has 2 aromatic rings. The maximum atomic E-state index is 12.9. The van der Waals surface area contributed by atoms with E-state index in [4.69, 9.17) is 9.47 Å². The molecule has 2 heterocycles. The third-order valence-corrected chi connectivity index (χ3v) is 5.59. The van der Waals surface area contributed by atoms with Crippen LogP contribution in [0.5, 0.6) is 11.5 Å². The Morgan fingerprint density at radius 1 is 1.29 bits per heavy atom. The molecule has 1 amide bonds. The summed E-state index contributed by atoms with van der Waals surface area (Å²) in [6, 6.07) is 9.91. The van der Waals surface area contributed by atoms with Crippen LogP contribution in [0.25, 0.3) is 0 Å². The van der Waals surface area contributed by atoms with Gasteiger partial charge in [-0.2, -0.15) is 0 Å². The molecule has 0 saturated carbocycles. The highest BCUT2D eigenvalue weighted by Gasteiger charge is 2.34. The summed E-state index contributed by atoms with van der Waals surface area (Å²) >= 11 is 0. The lowest BCUT2D eigenvalue weighted by Gasteiger charge is -2.40. The van der Waals surface area contributed by atoms with Crippen molar-refractivity contribution in [3.05, 3.63) is 52.8 Å². The Kier molecular flexibility index (Phi) is 6.90. The number of ether oxygens (including phenoxy) is 2. The average Bonchev–Trinajstić information content (AvgIpc) is 2.69. The van der Waals surface area contributed by atoms with Crippen molar-refractivity contribution in [2.45, 2.75) is 65.7 Å². The summed E-state index contributed by atoms with van der Waals surface area (Å²) < 4.78 is 11.4. The van der Waals surface area contributed by atoms with E-state index in [1.807, 2.05) is 30.0 Å². The van der Waals surface area contributed by atoms with Crippen molar-refractivity contribution in [1.82, 2.24) is 9.88 Å². The summed E-state index contributed by atoms with van der Waals surface area (Å²) in [4.78, 5) is 19.3. The van der Waals surface area contributed by atoms with Gasteiger partial charge in [0.1, 0.15) is 23.8 Å². The topological polar surface area (TPSA) is 71.9 Å². The molecule has 0 spiro atoms. The first-order chi connectivity index (χ1) is 14.6. The van der Waals surface area contributed by atoms with Gasteiger partial charge in [0.05, 0.1) is 25.2 Å².